The summed E-state index contributed by atoms with van der Waals surface area (Å²) in [4.78, 5) is 27.8. The van der Waals surface area contributed by atoms with Crippen LogP contribution >= 0.6 is 11.6 Å². The fraction of sp³-hybridized carbons (Fsp3) is 0.556. The monoisotopic (exact) mass is 365 g/mol. The number of likely N-dealkylation sites (tertiary alicyclic amines) is 2. The first kappa shape index (κ1) is 17.9. The molecule has 0 spiro atoms. The summed E-state index contributed by atoms with van der Waals surface area (Å²) in [6, 6.07) is 7.79. The summed E-state index contributed by atoms with van der Waals surface area (Å²) in [7, 11) is 1.39. The van der Waals surface area contributed by atoms with E-state index in [1.54, 1.807) is 4.90 Å². The predicted molar refractivity (Wildman–Crippen MR) is 95.7 cm³/mol. The molecule has 0 bridgehead atoms. The fourth-order valence-corrected chi connectivity index (χ4v) is 3.93. The Balaban J connectivity index is 1.58. The van der Waals surface area contributed by atoms with Crippen LogP contribution in [-0.4, -0.2) is 54.7 Å². The van der Waals surface area contributed by atoms with Crippen LogP contribution < -0.4 is 5.32 Å². The van der Waals surface area contributed by atoms with Crippen LogP contribution in [0.5, 0.6) is 0 Å². The maximum Gasteiger partial charge on any atom is 0.409 e. The predicted octanol–water partition coefficient (Wildman–Crippen LogP) is 3.42. The minimum atomic E-state index is -0.303. The molecule has 0 aliphatic carbocycles. The molecule has 1 N–H and O–H groups in total. The highest BCUT2D eigenvalue weighted by Gasteiger charge is 2.33. The summed E-state index contributed by atoms with van der Waals surface area (Å²) in [5, 5.41) is 3.83. The third kappa shape index (κ3) is 4.00. The summed E-state index contributed by atoms with van der Waals surface area (Å²) < 4.78 is 4.74. The van der Waals surface area contributed by atoms with Gasteiger partial charge in [-0.2, -0.15) is 0 Å². The number of rotatable bonds is 2. The highest BCUT2D eigenvalue weighted by molar-refractivity contribution is 6.31. The van der Waals surface area contributed by atoms with E-state index < -0.39 is 0 Å². The van der Waals surface area contributed by atoms with Gasteiger partial charge in [-0.25, -0.2) is 9.59 Å². The van der Waals surface area contributed by atoms with Crippen molar-refractivity contribution in [1.82, 2.24) is 15.1 Å². The van der Waals surface area contributed by atoms with Crippen molar-refractivity contribution >= 4 is 23.7 Å². The van der Waals surface area contributed by atoms with Gasteiger partial charge in [0.25, 0.3) is 0 Å². The first-order chi connectivity index (χ1) is 12.1. The lowest BCUT2D eigenvalue weighted by Crippen LogP contribution is -2.50. The Hall–Kier alpha value is -1.95. The molecule has 136 valence electrons. The van der Waals surface area contributed by atoms with Gasteiger partial charge in [0.05, 0.1) is 13.2 Å². The zero-order chi connectivity index (χ0) is 17.8. The quantitative estimate of drug-likeness (QED) is 0.873. The Morgan fingerprint density at radius 3 is 2.56 bits per heavy atom. The molecule has 1 aromatic carbocycles. The molecule has 2 saturated heterocycles. The number of benzene rings is 1. The van der Waals surface area contributed by atoms with Gasteiger partial charge in [-0.1, -0.05) is 29.8 Å². The van der Waals surface area contributed by atoms with E-state index in [4.69, 9.17) is 16.3 Å². The number of carbonyl (C=O) groups is 2. The molecular weight excluding hydrogens is 342 g/mol. The van der Waals surface area contributed by atoms with E-state index >= 15 is 0 Å². The topological polar surface area (TPSA) is 61.9 Å². The van der Waals surface area contributed by atoms with E-state index in [9.17, 15) is 9.59 Å². The highest BCUT2D eigenvalue weighted by atomic mass is 35.5. The highest BCUT2D eigenvalue weighted by Crippen LogP contribution is 2.35. The van der Waals surface area contributed by atoms with Gasteiger partial charge >= 0.3 is 12.1 Å². The van der Waals surface area contributed by atoms with Crippen molar-refractivity contribution in [3.05, 3.63) is 34.9 Å². The van der Waals surface area contributed by atoms with E-state index in [1.807, 2.05) is 29.2 Å². The van der Waals surface area contributed by atoms with E-state index in [-0.39, 0.29) is 24.2 Å². The lowest BCUT2D eigenvalue weighted by Gasteiger charge is -2.33. The first-order valence-corrected chi connectivity index (χ1v) is 9.12. The average molecular weight is 366 g/mol. The van der Waals surface area contributed by atoms with Gasteiger partial charge in [0, 0.05) is 30.7 Å². The Bertz CT molecular complexity index is 632. The van der Waals surface area contributed by atoms with Crippen LogP contribution in [0.4, 0.5) is 9.59 Å². The van der Waals surface area contributed by atoms with Gasteiger partial charge in [0.2, 0.25) is 0 Å². The normalized spacial score (nSPS) is 21.3. The second kappa shape index (κ2) is 7.95. The number of hydrogen-bond acceptors (Lipinski definition) is 3. The second-order valence-corrected chi connectivity index (χ2v) is 6.96. The van der Waals surface area contributed by atoms with E-state index in [0.717, 1.165) is 37.8 Å². The summed E-state index contributed by atoms with van der Waals surface area (Å²) in [6.07, 6.45) is 3.09. The number of carbonyl (C=O) groups excluding carboxylic acids is 2. The SMILES string of the molecule is COC(=O)N1CCC(NC(=O)N2CCCC2c2ccccc2Cl)CC1. The van der Waals surface area contributed by atoms with Crippen LogP contribution in [0.3, 0.4) is 0 Å². The molecule has 0 saturated carbocycles. The molecule has 2 fully saturated rings. The Morgan fingerprint density at radius 1 is 1.16 bits per heavy atom. The number of methoxy groups -OCH3 is 1. The molecule has 25 heavy (non-hydrogen) atoms. The fourth-order valence-electron chi connectivity index (χ4n) is 3.67. The van der Waals surface area contributed by atoms with Crippen molar-refractivity contribution in [3.8, 4) is 0 Å². The van der Waals surface area contributed by atoms with Gasteiger partial charge in [-0.15, -0.1) is 0 Å². The smallest absolute Gasteiger partial charge is 0.409 e. The Morgan fingerprint density at radius 2 is 1.88 bits per heavy atom. The molecule has 3 rings (SSSR count). The van der Waals surface area contributed by atoms with E-state index in [1.165, 1.54) is 7.11 Å². The third-order valence-electron chi connectivity index (χ3n) is 5.03. The van der Waals surface area contributed by atoms with Crippen molar-refractivity contribution in [2.75, 3.05) is 26.7 Å². The van der Waals surface area contributed by atoms with Crippen LogP contribution in [0, 0.1) is 0 Å². The maximum absolute atomic E-state index is 12.7. The maximum atomic E-state index is 12.7. The molecule has 1 aromatic rings. The average Bonchev–Trinajstić information content (AvgIpc) is 3.11. The molecule has 2 aliphatic rings. The number of nitrogens with one attached hydrogen (secondary N) is 1. The van der Waals surface area contributed by atoms with Crippen LogP contribution in [0.2, 0.25) is 5.02 Å². The molecule has 3 amide bonds. The lowest BCUT2D eigenvalue weighted by molar-refractivity contribution is 0.109. The molecule has 2 heterocycles. The minimum Gasteiger partial charge on any atom is -0.453 e. The van der Waals surface area contributed by atoms with Crippen molar-refractivity contribution in [2.24, 2.45) is 0 Å². The summed E-state index contributed by atoms with van der Waals surface area (Å²) >= 11 is 6.32. The van der Waals surface area contributed by atoms with Crippen LogP contribution in [0.25, 0.3) is 0 Å². The molecule has 0 radical (unpaired) electrons. The number of ether oxygens (including phenoxy) is 1. The van der Waals surface area contributed by atoms with Crippen LogP contribution in [0.1, 0.15) is 37.3 Å². The molecular formula is C18H24ClN3O3. The van der Waals surface area contributed by atoms with Gasteiger partial charge in [-0.3, -0.25) is 0 Å². The van der Waals surface area contributed by atoms with Crippen molar-refractivity contribution in [3.63, 3.8) is 0 Å². The molecule has 7 heteroatoms. The van der Waals surface area contributed by atoms with Gasteiger partial charge in [-0.05, 0) is 37.3 Å². The first-order valence-electron chi connectivity index (χ1n) is 8.74. The van der Waals surface area contributed by atoms with Crippen molar-refractivity contribution < 1.29 is 14.3 Å². The van der Waals surface area contributed by atoms with Crippen LogP contribution in [-0.2, 0) is 4.74 Å². The third-order valence-corrected chi connectivity index (χ3v) is 5.38. The van der Waals surface area contributed by atoms with Crippen molar-refractivity contribution in [2.45, 2.75) is 37.8 Å². The number of hydrogen-bond donors (Lipinski definition) is 1. The lowest BCUT2D eigenvalue weighted by atomic mass is 10.0. The Labute approximate surface area is 153 Å². The zero-order valence-corrected chi connectivity index (χ0v) is 15.2. The zero-order valence-electron chi connectivity index (χ0n) is 14.4. The Kier molecular flexibility index (Phi) is 5.68. The largest absolute Gasteiger partial charge is 0.453 e. The number of nitrogens with zero attached hydrogens (tertiary/aromatic N) is 2. The summed E-state index contributed by atoms with van der Waals surface area (Å²) in [6.45, 7) is 1.94. The molecule has 2 aliphatic heterocycles. The van der Waals surface area contributed by atoms with E-state index in [0.29, 0.717) is 18.1 Å². The molecule has 6 nitrogen and oxygen atoms in total. The second-order valence-electron chi connectivity index (χ2n) is 6.55. The number of halogens is 1. The molecule has 0 aromatic heterocycles. The molecule has 1 atom stereocenters. The number of urea groups is 1. The van der Waals surface area contributed by atoms with E-state index in [2.05, 4.69) is 5.32 Å². The standard InChI is InChI=1S/C18H24ClN3O3/c1-25-18(24)21-11-8-13(9-12-21)20-17(23)22-10-4-7-16(22)14-5-2-3-6-15(14)19/h2-3,5-6,13,16H,4,7-12H2,1H3,(H,20,23). The van der Waals surface area contributed by atoms with Gasteiger partial charge in [0.1, 0.15) is 0 Å². The minimum absolute atomic E-state index is 0.0314. The van der Waals surface area contributed by atoms with Crippen LogP contribution in [0.15, 0.2) is 24.3 Å². The number of piperidine rings is 1. The van der Waals surface area contributed by atoms with Gasteiger partial charge in [0.15, 0.2) is 0 Å². The molecule has 1 unspecified atom stereocenters. The van der Waals surface area contributed by atoms with Crippen molar-refractivity contribution in [1.29, 1.82) is 0 Å². The summed E-state index contributed by atoms with van der Waals surface area (Å²) in [5.74, 6) is 0. The number of amides is 3. The van der Waals surface area contributed by atoms with Gasteiger partial charge < -0.3 is 19.9 Å². The summed E-state index contributed by atoms with van der Waals surface area (Å²) in [5.41, 5.74) is 1.01.